The SMILES string of the molecule is NC(=O)CCc1c(C2CCC2)n[nH]c1C1CC1. The van der Waals surface area contributed by atoms with E-state index in [1.165, 1.54) is 49.1 Å². The monoisotopic (exact) mass is 233 g/mol. The van der Waals surface area contributed by atoms with Crippen LogP contribution in [0.1, 0.15) is 67.3 Å². The molecule has 2 saturated carbocycles. The molecule has 2 aliphatic rings. The topological polar surface area (TPSA) is 71.8 Å². The van der Waals surface area contributed by atoms with E-state index in [0.29, 0.717) is 18.3 Å². The molecule has 2 fully saturated rings. The minimum absolute atomic E-state index is 0.215. The van der Waals surface area contributed by atoms with Crippen molar-refractivity contribution in [1.29, 1.82) is 0 Å². The Kier molecular flexibility index (Phi) is 2.65. The van der Waals surface area contributed by atoms with E-state index in [1.807, 2.05) is 0 Å². The van der Waals surface area contributed by atoms with Crippen LogP contribution in [0.15, 0.2) is 0 Å². The molecule has 1 aromatic rings. The standard InChI is InChI=1S/C13H19N3O/c14-11(17)7-6-10-12(8-2-1-3-8)15-16-13(10)9-4-5-9/h8-9H,1-7H2,(H2,14,17)(H,15,16). The second-order valence-corrected chi connectivity index (χ2v) is 5.37. The van der Waals surface area contributed by atoms with Crippen LogP contribution in [0, 0.1) is 0 Å². The number of nitrogens with zero attached hydrogens (tertiary/aromatic N) is 1. The van der Waals surface area contributed by atoms with E-state index >= 15 is 0 Å². The first-order chi connectivity index (χ1) is 8.25. The van der Waals surface area contributed by atoms with Crippen molar-refractivity contribution in [3.05, 3.63) is 17.0 Å². The zero-order valence-electron chi connectivity index (χ0n) is 10.0. The number of rotatable bonds is 5. The number of nitrogens with one attached hydrogen (secondary N) is 1. The molecule has 0 saturated heterocycles. The number of aromatic amines is 1. The van der Waals surface area contributed by atoms with Gasteiger partial charge < -0.3 is 5.73 Å². The summed E-state index contributed by atoms with van der Waals surface area (Å²) < 4.78 is 0. The first kappa shape index (κ1) is 10.8. The summed E-state index contributed by atoms with van der Waals surface area (Å²) in [6, 6.07) is 0. The largest absolute Gasteiger partial charge is 0.370 e. The molecular formula is C13H19N3O. The van der Waals surface area contributed by atoms with Gasteiger partial charge in [0.15, 0.2) is 0 Å². The number of carbonyl (C=O) groups excluding carboxylic acids is 1. The lowest BCUT2D eigenvalue weighted by atomic mass is 9.80. The van der Waals surface area contributed by atoms with Crippen molar-refractivity contribution in [3.8, 4) is 0 Å². The molecule has 17 heavy (non-hydrogen) atoms. The van der Waals surface area contributed by atoms with Gasteiger partial charge in [-0.05, 0) is 37.7 Å². The molecule has 0 aromatic carbocycles. The third-order valence-electron chi connectivity index (χ3n) is 4.03. The smallest absolute Gasteiger partial charge is 0.217 e. The Balaban J connectivity index is 1.83. The number of hydrogen-bond donors (Lipinski definition) is 2. The number of aromatic nitrogens is 2. The van der Waals surface area contributed by atoms with E-state index in [1.54, 1.807) is 0 Å². The van der Waals surface area contributed by atoms with Gasteiger partial charge in [0.25, 0.3) is 0 Å². The molecule has 4 nitrogen and oxygen atoms in total. The molecule has 3 rings (SSSR count). The maximum Gasteiger partial charge on any atom is 0.217 e. The summed E-state index contributed by atoms with van der Waals surface area (Å²) in [6.07, 6.45) is 7.54. The lowest BCUT2D eigenvalue weighted by Crippen LogP contribution is -2.15. The van der Waals surface area contributed by atoms with Crippen molar-refractivity contribution in [1.82, 2.24) is 10.2 Å². The Labute approximate surface area is 101 Å². The van der Waals surface area contributed by atoms with Crippen molar-refractivity contribution in [2.75, 3.05) is 0 Å². The van der Waals surface area contributed by atoms with E-state index in [2.05, 4.69) is 10.2 Å². The molecule has 1 amide bonds. The van der Waals surface area contributed by atoms with Crippen LogP contribution in [-0.4, -0.2) is 16.1 Å². The summed E-state index contributed by atoms with van der Waals surface area (Å²) >= 11 is 0. The summed E-state index contributed by atoms with van der Waals surface area (Å²) in [7, 11) is 0. The van der Waals surface area contributed by atoms with Gasteiger partial charge in [0.05, 0.1) is 5.69 Å². The third kappa shape index (κ3) is 2.08. The van der Waals surface area contributed by atoms with E-state index < -0.39 is 0 Å². The zero-order chi connectivity index (χ0) is 11.8. The summed E-state index contributed by atoms with van der Waals surface area (Å²) in [5, 5.41) is 7.71. The minimum Gasteiger partial charge on any atom is -0.370 e. The average molecular weight is 233 g/mol. The summed E-state index contributed by atoms with van der Waals surface area (Å²) in [6.45, 7) is 0. The van der Waals surface area contributed by atoms with Gasteiger partial charge in [0.2, 0.25) is 5.91 Å². The van der Waals surface area contributed by atoms with Crippen molar-refractivity contribution in [2.24, 2.45) is 5.73 Å². The first-order valence-corrected chi connectivity index (χ1v) is 6.61. The normalized spacial score (nSPS) is 20.2. The fraction of sp³-hybridized carbons (Fsp3) is 0.692. The predicted octanol–water partition coefficient (Wildman–Crippen LogP) is 1.97. The number of carbonyl (C=O) groups is 1. The lowest BCUT2D eigenvalue weighted by Gasteiger charge is -2.24. The van der Waals surface area contributed by atoms with Crippen LogP contribution in [0.25, 0.3) is 0 Å². The second-order valence-electron chi connectivity index (χ2n) is 5.37. The van der Waals surface area contributed by atoms with Gasteiger partial charge in [-0.15, -0.1) is 0 Å². The molecule has 92 valence electrons. The van der Waals surface area contributed by atoms with E-state index in [9.17, 15) is 4.79 Å². The summed E-state index contributed by atoms with van der Waals surface area (Å²) in [5.74, 6) is 1.08. The van der Waals surface area contributed by atoms with Gasteiger partial charge >= 0.3 is 0 Å². The number of H-pyrrole nitrogens is 1. The van der Waals surface area contributed by atoms with Crippen LogP contribution in [0.2, 0.25) is 0 Å². The molecule has 2 aliphatic carbocycles. The highest BCUT2D eigenvalue weighted by Crippen LogP contribution is 2.45. The summed E-state index contributed by atoms with van der Waals surface area (Å²) in [5.41, 5.74) is 9.06. The van der Waals surface area contributed by atoms with Crippen LogP contribution < -0.4 is 5.73 Å². The number of hydrogen-bond acceptors (Lipinski definition) is 2. The third-order valence-corrected chi connectivity index (χ3v) is 4.03. The van der Waals surface area contributed by atoms with Gasteiger partial charge in [-0.1, -0.05) is 6.42 Å². The quantitative estimate of drug-likeness (QED) is 0.816. The fourth-order valence-corrected chi connectivity index (χ4v) is 2.63. The number of nitrogens with two attached hydrogens (primary N) is 1. The van der Waals surface area contributed by atoms with Crippen molar-refractivity contribution in [2.45, 2.75) is 56.8 Å². The number of amides is 1. The van der Waals surface area contributed by atoms with Gasteiger partial charge in [-0.2, -0.15) is 5.10 Å². The van der Waals surface area contributed by atoms with Crippen LogP contribution in [-0.2, 0) is 11.2 Å². The zero-order valence-corrected chi connectivity index (χ0v) is 10.0. The molecule has 3 N–H and O–H groups in total. The minimum atomic E-state index is -0.215. The molecule has 0 bridgehead atoms. The molecule has 0 radical (unpaired) electrons. The van der Waals surface area contributed by atoms with Gasteiger partial charge in [-0.3, -0.25) is 9.89 Å². The molecule has 1 heterocycles. The summed E-state index contributed by atoms with van der Waals surface area (Å²) in [4.78, 5) is 10.9. The van der Waals surface area contributed by atoms with Crippen LogP contribution in [0.4, 0.5) is 0 Å². The highest BCUT2D eigenvalue weighted by molar-refractivity contribution is 5.74. The number of primary amides is 1. The lowest BCUT2D eigenvalue weighted by molar-refractivity contribution is -0.117. The van der Waals surface area contributed by atoms with Gasteiger partial charge in [0.1, 0.15) is 0 Å². The maximum absolute atomic E-state index is 10.9. The molecule has 0 aliphatic heterocycles. The molecular weight excluding hydrogens is 214 g/mol. The van der Waals surface area contributed by atoms with E-state index in [-0.39, 0.29) is 5.91 Å². The van der Waals surface area contributed by atoms with Crippen LogP contribution in [0.5, 0.6) is 0 Å². The first-order valence-electron chi connectivity index (χ1n) is 6.61. The average Bonchev–Trinajstić information content (AvgIpc) is 2.97. The molecule has 0 atom stereocenters. The molecule has 0 unspecified atom stereocenters. The highest BCUT2D eigenvalue weighted by atomic mass is 16.1. The van der Waals surface area contributed by atoms with Gasteiger partial charge in [0, 0.05) is 24.0 Å². The van der Waals surface area contributed by atoms with E-state index in [0.717, 1.165) is 6.42 Å². The Morgan fingerprint density at radius 2 is 2.06 bits per heavy atom. The fourth-order valence-electron chi connectivity index (χ4n) is 2.63. The van der Waals surface area contributed by atoms with Crippen LogP contribution in [0.3, 0.4) is 0 Å². The Morgan fingerprint density at radius 1 is 1.29 bits per heavy atom. The molecule has 0 spiro atoms. The molecule has 4 heteroatoms. The van der Waals surface area contributed by atoms with Gasteiger partial charge in [-0.25, -0.2) is 0 Å². The Hall–Kier alpha value is -1.32. The highest BCUT2D eigenvalue weighted by Gasteiger charge is 2.32. The molecule has 1 aromatic heterocycles. The van der Waals surface area contributed by atoms with Crippen molar-refractivity contribution < 1.29 is 4.79 Å². The van der Waals surface area contributed by atoms with Crippen molar-refractivity contribution >= 4 is 5.91 Å². The van der Waals surface area contributed by atoms with Crippen LogP contribution >= 0.6 is 0 Å². The Morgan fingerprint density at radius 3 is 2.59 bits per heavy atom. The maximum atomic E-state index is 10.9. The van der Waals surface area contributed by atoms with E-state index in [4.69, 9.17) is 5.73 Å². The Bertz CT molecular complexity index is 430. The van der Waals surface area contributed by atoms with Crippen molar-refractivity contribution in [3.63, 3.8) is 0 Å². The second kappa shape index (κ2) is 4.17. The predicted molar refractivity (Wildman–Crippen MR) is 64.7 cm³/mol.